The normalized spacial score (nSPS) is 15.1. The molecule has 1 fully saturated rings. The van der Waals surface area contributed by atoms with Crippen molar-refractivity contribution >= 4 is 31.9 Å². The molecule has 1 saturated heterocycles. The maximum Gasteiger partial charge on any atom is 0.338 e. The van der Waals surface area contributed by atoms with E-state index in [-0.39, 0.29) is 30.2 Å². The monoisotopic (exact) mass is 483 g/mol. The summed E-state index contributed by atoms with van der Waals surface area (Å²) in [5.74, 6) is 0.00859. The maximum atomic E-state index is 13.0. The highest BCUT2D eigenvalue weighted by atomic mass is 79.9. The van der Waals surface area contributed by atoms with E-state index in [9.17, 15) is 13.2 Å². The number of hydrogen-bond acceptors (Lipinski definition) is 6. The summed E-state index contributed by atoms with van der Waals surface area (Å²) in [4.78, 5) is 12.6. The van der Waals surface area contributed by atoms with E-state index < -0.39 is 16.0 Å². The van der Waals surface area contributed by atoms with Gasteiger partial charge in [-0.1, -0.05) is 11.6 Å². The molecule has 7 nitrogen and oxygen atoms in total. The van der Waals surface area contributed by atoms with Crippen LogP contribution in [0.1, 0.15) is 21.5 Å². The summed E-state index contributed by atoms with van der Waals surface area (Å²) < 4.78 is 43.6. The minimum atomic E-state index is -3.75. The molecular formula is C20H22BrNO6S. The van der Waals surface area contributed by atoms with Gasteiger partial charge in [-0.2, -0.15) is 4.31 Å². The highest BCUT2D eigenvalue weighted by molar-refractivity contribution is 9.10. The lowest BCUT2D eigenvalue weighted by atomic mass is 10.1. The number of benzene rings is 2. The van der Waals surface area contributed by atoms with Crippen molar-refractivity contribution in [1.29, 1.82) is 0 Å². The summed E-state index contributed by atoms with van der Waals surface area (Å²) in [7, 11) is -2.20. The number of carbonyl (C=O) groups excluding carboxylic acids is 1. The van der Waals surface area contributed by atoms with Crippen LogP contribution in [-0.4, -0.2) is 52.1 Å². The fourth-order valence-corrected chi connectivity index (χ4v) is 5.36. The number of nitrogens with zero attached hydrogens (tertiary/aromatic N) is 1. The van der Waals surface area contributed by atoms with Crippen LogP contribution in [0.3, 0.4) is 0 Å². The van der Waals surface area contributed by atoms with Gasteiger partial charge >= 0.3 is 5.97 Å². The third kappa shape index (κ3) is 4.98. The molecule has 1 aliphatic rings. The molecule has 3 rings (SSSR count). The predicted molar refractivity (Wildman–Crippen MR) is 111 cm³/mol. The number of rotatable bonds is 6. The zero-order valence-electron chi connectivity index (χ0n) is 16.2. The van der Waals surface area contributed by atoms with E-state index in [4.69, 9.17) is 14.2 Å². The Bertz CT molecular complexity index is 1000. The van der Waals surface area contributed by atoms with Gasteiger partial charge in [0.25, 0.3) is 0 Å². The minimum Gasteiger partial charge on any atom is -0.496 e. The molecule has 0 unspecified atom stereocenters. The molecule has 0 bridgehead atoms. The van der Waals surface area contributed by atoms with Crippen LogP contribution in [0.15, 0.2) is 45.8 Å². The third-order valence-corrected chi connectivity index (χ3v) is 7.44. The second kappa shape index (κ2) is 9.25. The molecule has 9 heteroatoms. The average molecular weight is 484 g/mol. The molecule has 29 heavy (non-hydrogen) atoms. The second-order valence-corrected chi connectivity index (χ2v) is 9.31. The molecule has 1 aliphatic heterocycles. The molecule has 0 radical (unpaired) electrons. The van der Waals surface area contributed by atoms with Crippen LogP contribution < -0.4 is 4.74 Å². The van der Waals surface area contributed by atoms with E-state index in [0.717, 1.165) is 11.1 Å². The van der Waals surface area contributed by atoms with Crippen LogP contribution in [0.25, 0.3) is 0 Å². The molecular weight excluding hydrogens is 462 g/mol. The number of methoxy groups -OCH3 is 1. The number of esters is 1. The van der Waals surface area contributed by atoms with Gasteiger partial charge in [-0.15, -0.1) is 0 Å². The number of ether oxygens (including phenoxy) is 3. The maximum absolute atomic E-state index is 13.0. The van der Waals surface area contributed by atoms with Gasteiger partial charge in [0.2, 0.25) is 10.0 Å². The van der Waals surface area contributed by atoms with Crippen LogP contribution in [0.2, 0.25) is 0 Å². The largest absolute Gasteiger partial charge is 0.496 e. The standard InChI is InChI=1S/C20H22BrNO6S/c1-14-3-6-18(26-2)16(11-14)13-28-20(23)15-4-5-17(21)19(12-15)29(24,25)22-7-9-27-10-8-22/h3-6,11-12H,7-10,13H2,1-2H3. The Morgan fingerprint density at radius 2 is 1.90 bits per heavy atom. The molecule has 2 aromatic carbocycles. The first-order chi connectivity index (χ1) is 13.8. The van der Waals surface area contributed by atoms with Crippen molar-refractivity contribution in [1.82, 2.24) is 4.31 Å². The van der Waals surface area contributed by atoms with Gasteiger partial charge in [-0.3, -0.25) is 0 Å². The number of morpholine rings is 1. The Morgan fingerprint density at radius 3 is 2.59 bits per heavy atom. The van der Waals surface area contributed by atoms with Crippen LogP contribution >= 0.6 is 15.9 Å². The van der Waals surface area contributed by atoms with Crippen molar-refractivity contribution in [2.45, 2.75) is 18.4 Å². The topological polar surface area (TPSA) is 82.1 Å². The number of halogens is 1. The Labute approximate surface area is 178 Å². The second-order valence-electron chi connectivity index (χ2n) is 6.55. The quantitative estimate of drug-likeness (QED) is 0.586. The van der Waals surface area contributed by atoms with Gasteiger partial charge in [0.1, 0.15) is 12.4 Å². The molecule has 1 heterocycles. The number of aryl methyl sites for hydroxylation is 1. The van der Waals surface area contributed by atoms with Crippen LogP contribution in [0.5, 0.6) is 5.75 Å². The Hall–Kier alpha value is -1.94. The lowest BCUT2D eigenvalue weighted by Gasteiger charge is -2.26. The highest BCUT2D eigenvalue weighted by Crippen LogP contribution is 2.28. The van der Waals surface area contributed by atoms with Crippen LogP contribution in [-0.2, 0) is 26.1 Å². The molecule has 2 aromatic rings. The first-order valence-corrected chi connectivity index (χ1v) is 11.2. The van der Waals surface area contributed by atoms with Gasteiger partial charge < -0.3 is 14.2 Å². The van der Waals surface area contributed by atoms with Crippen molar-refractivity contribution in [3.05, 3.63) is 57.6 Å². The van der Waals surface area contributed by atoms with E-state index in [0.29, 0.717) is 23.4 Å². The first kappa shape index (κ1) is 21.8. The van der Waals surface area contributed by atoms with E-state index in [1.54, 1.807) is 7.11 Å². The summed E-state index contributed by atoms with van der Waals surface area (Å²) in [6.45, 7) is 3.19. The lowest BCUT2D eigenvalue weighted by Crippen LogP contribution is -2.40. The highest BCUT2D eigenvalue weighted by Gasteiger charge is 2.29. The van der Waals surface area contributed by atoms with Crippen molar-refractivity contribution in [2.24, 2.45) is 0 Å². The Morgan fingerprint density at radius 1 is 1.17 bits per heavy atom. The molecule has 0 spiro atoms. The molecule has 0 atom stereocenters. The average Bonchev–Trinajstić information content (AvgIpc) is 2.73. The number of hydrogen-bond donors (Lipinski definition) is 0. The van der Waals surface area contributed by atoms with Crippen molar-refractivity contribution < 1.29 is 27.4 Å². The molecule has 0 N–H and O–H groups in total. The van der Waals surface area contributed by atoms with Crippen molar-refractivity contribution in [3.63, 3.8) is 0 Å². The smallest absolute Gasteiger partial charge is 0.338 e. The van der Waals surface area contributed by atoms with Gasteiger partial charge in [-0.25, -0.2) is 13.2 Å². The molecule has 0 saturated carbocycles. The first-order valence-electron chi connectivity index (χ1n) is 9.01. The predicted octanol–water partition coefficient (Wildman–Crippen LogP) is 3.14. The molecule has 0 aliphatic carbocycles. The Kier molecular flexibility index (Phi) is 6.94. The fraction of sp³-hybridized carbons (Fsp3) is 0.350. The van der Waals surface area contributed by atoms with Crippen LogP contribution in [0, 0.1) is 6.92 Å². The molecule has 0 amide bonds. The summed E-state index contributed by atoms with van der Waals surface area (Å²) in [5, 5.41) is 0. The Balaban J connectivity index is 1.80. The van der Waals surface area contributed by atoms with Gasteiger partial charge in [0.15, 0.2) is 0 Å². The summed E-state index contributed by atoms with van der Waals surface area (Å²) in [6.07, 6.45) is 0. The molecule has 156 valence electrons. The van der Waals surface area contributed by atoms with Gasteiger partial charge in [0.05, 0.1) is 30.8 Å². The van der Waals surface area contributed by atoms with Crippen molar-refractivity contribution in [3.8, 4) is 5.75 Å². The van der Waals surface area contributed by atoms with Crippen molar-refractivity contribution in [2.75, 3.05) is 33.4 Å². The van der Waals surface area contributed by atoms with E-state index in [2.05, 4.69) is 15.9 Å². The number of sulfonamides is 1. The fourth-order valence-electron chi connectivity index (χ4n) is 3.00. The van der Waals surface area contributed by atoms with Crippen LogP contribution in [0.4, 0.5) is 0 Å². The van der Waals surface area contributed by atoms with Gasteiger partial charge in [-0.05, 0) is 53.2 Å². The summed E-state index contributed by atoms with van der Waals surface area (Å²) in [5.41, 5.74) is 1.91. The number of carbonyl (C=O) groups is 1. The summed E-state index contributed by atoms with van der Waals surface area (Å²) >= 11 is 3.28. The zero-order chi connectivity index (χ0) is 21.0. The lowest BCUT2D eigenvalue weighted by molar-refractivity contribution is 0.0469. The zero-order valence-corrected chi connectivity index (χ0v) is 18.6. The van der Waals surface area contributed by atoms with Gasteiger partial charge in [0, 0.05) is 23.1 Å². The minimum absolute atomic E-state index is 0.0191. The van der Waals surface area contributed by atoms with E-state index in [1.165, 1.54) is 22.5 Å². The third-order valence-electron chi connectivity index (χ3n) is 4.55. The SMILES string of the molecule is COc1ccc(C)cc1COC(=O)c1ccc(Br)c(S(=O)(=O)N2CCOCC2)c1. The van der Waals surface area contributed by atoms with E-state index in [1.807, 2.05) is 25.1 Å². The van der Waals surface area contributed by atoms with E-state index >= 15 is 0 Å². The molecule has 0 aromatic heterocycles. The summed E-state index contributed by atoms with van der Waals surface area (Å²) in [6, 6.07) is 9.99.